The Kier molecular flexibility index (Phi) is 4.81. The third kappa shape index (κ3) is 4.01. The molecular weight excluding hydrogens is 360 g/mol. The number of nitrogens with zero attached hydrogens (tertiary/aromatic N) is 1. The maximum atomic E-state index is 12.2. The van der Waals surface area contributed by atoms with Crippen LogP contribution in [0.2, 0.25) is 0 Å². The molecule has 6 heteroatoms. The summed E-state index contributed by atoms with van der Waals surface area (Å²) >= 11 is 3.42. The van der Waals surface area contributed by atoms with E-state index in [2.05, 4.69) is 21.2 Å². The lowest BCUT2D eigenvalue weighted by atomic mass is 10.1. The SMILES string of the molecule is O=C(NCc1ccco1)[C@@H]1CC(=O)N(Cc2cccc(Br)c2)C1. The Morgan fingerprint density at radius 1 is 1.35 bits per heavy atom. The van der Waals surface area contributed by atoms with Gasteiger partial charge >= 0.3 is 0 Å². The molecule has 23 heavy (non-hydrogen) atoms. The molecule has 3 rings (SSSR count). The minimum Gasteiger partial charge on any atom is -0.467 e. The van der Waals surface area contributed by atoms with E-state index in [0.29, 0.717) is 25.4 Å². The van der Waals surface area contributed by atoms with Crippen molar-refractivity contribution in [1.29, 1.82) is 0 Å². The molecule has 0 radical (unpaired) electrons. The molecule has 1 N–H and O–H groups in total. The molecule has 1 saturated heterocycles. The lowest BCUT2D eigenvalue weighted by Gasteiger charge is -2.16. The van der Waals surface area contributed by atoms with Crippen molar-refractivity contribution in [2.24, 2.45) is 5.92 Å². The minimum atomic E-state index is -0.301. The summed E-state index contributed by atoms with van der Waals surface area (Å²) in [6.07, 6.45) is 1.83. The number of carbonyl (C=O) groups is 2. The van der Waals surface area contributed by atoms with Gasteiger partial charge in [0.15, 0.2) is 0 Å². The maximum Gasteiger partial charge on any atom is 0.225 e. The van der Waals surface area contributed by atoms with Gasteiger partial charge in [-0.15, -0.1) is 0 Å². The highest BCUT2D eigenvalue weighted by atomic mass is 79.9. The van der Waals surface area contributed by atoms with Crippen LogP contribution in [0.15, 0.2) is 51.6 Å². The first-order valence-electron chi connectivity index (χ1n) is 7.44. The highest BCUT2D eigenvalue weighted by molar-refractivity contribution is 9.10. The second kappa shape index (κ2) is 7.00. The molecule has 0 spiro atoms. The molecule has 1 aliphatic heterocycles. The van der Waals surface area contributed by atoms with Gasteiger partial charge in [-0.25, -0.2) is 0 Å². The first kappa shape index (κ1) is 15.8. The van der Waals surface area contributed by atoms with Crippen molar-refractivity contribution in [3.05, 3.63) is 58.5 Å². The number of rotatable bonds is 5. The van der Waals surface area contributed by atoms with E-state index in [0.717, 1.165) is 10.0 Å². The van der Waals surface area contributed by atoms with Crippen LogP contribution in [0.25, 0.3) is 0 Å². The van der Waals surface area contributed by atoms with Crippen LogP contribution in [0.3, 0.4) is 0 Å². The number of carbonyl (C=O) groups excluding carboxylic acids is 2. The molecule has 1 aliphatic rings. The molecular formula is C17H17BrN2O3. The molecule has 0 bridgehead atoms. The van der Waals surface area contributed by atoms with E-state index in [1.807, 2.05) is 24.3 Å². The molecule has 2 aromatic rings. The fourth-order valence-corrected chi connectivity index (χ4v) is 3.13. The van der Waals surface area contributed by atoms with Gasteiger partial charge in [0.1, 0.15) is 5.76 Å². The van der Waals surface area contributed by atoms with Gasteiger partial charge in [0, 0.05) is 24.0 Å². The Morgan fingerprint density at radius 3 is 2.96 bits per heavy atom. The van der Waals surface area contributed by atoms with Crippen LogP contribution < -0.4 is 5.32 Å². The number of likely N-dealkylation sites (tertiary alicyclic amines) is 1. The van der Waals surface area contributed by atoms with Crippen molar-refractivity contribution >= 4 is 27.7 Å². The zero-order valence-electron chi connectivity index (χ0n) is 12.5. The number of nitrogens with one attached hydrogen (secondary N) is 1. The molecule has 2 amide bonds. The van der Waals surface area contributed by atoms with Crippen LogP contribution in [0.4, 0.5) is 0 Å². The molecule has 1 fully saturated rings. The van der Waals surface area contributed by atoms with E-state index in [1.54, 1.807) is 23.3 Å². The van der Waals surface area contributed by atoms with Crippen molar-refractivity contribution in [1.82, 2.24) is 10.2 Å². The predicted molar refractivity (Wildman–Crippen MR) is 88.2 cm³/mol. The Morgan fingerprint density at radius 2 is 2.22 bits per heavy atom. The Labute approximate surface area is 142 Å². The van der Waals surface area contributed by atoms with Crippen LogP contribution in [0.5, 0.6) is 0 Å². The molecule has 5 nitrogen and oxygen atoms in total. The second-order valence-electron chi connectivity index (χ2n) is 5.60. The summed E-state index contributed by atoms with van der Waals surface area (Å²) in [5.74, 6) is 0.313. The standard InChI is InChI=1S/C17H17BrN2O3/c18-14-4-1-3-12(7-14)10-20-11-13(8-16(20)21)17(22)19-9-15-5-2-6-23-15/h1-7,13H,8-11H2,(H,19,22)/t13-/m1/s1. The van der Waals surface area contributed by atoms with E-state index in [-0.39, 0.29) is 24.2 Å². The zero-order valence-corrected chi connectivity index (χ0v) is 14.1. The normalized spacial score (nSPS) is 17.5. The van der Waals surface area contributed by atoms with Crippen molar-refractivity contribution < 1.29 is 14.0 Å². The van der Waals surface area contributed by atoms with Gasteiger partial charge in [-0.05, 0) is 29.8 Å². The smallest absolute Gasteiger partial charge is 0.225 e. The van der Waals surface area contributed by atoms with Crippen LogP contribution in [0, 0.1) is 5.92 Å². The van der Waals surface area contributed by atoms with E-state index in [9.17, 15) is 9.59 Å². The average molecular weight is 377 g/mol. The fourth-order valence-electron chi connectivity index (χ4n) is 2.69. The Balaban J connectivity index is 1.55. The third-order valence-corrected chi connectivity index (χ3v) is 4.36. The number of hydrogen-bond donors (Lipinski definition) is 1. The van der Waals surface area contributed by atoms with Crippen molar-refractivity contribution in [2.45, 2.75) is 19.5 Å². The molecule has 0 saturated carbocycles. The van der Waals surface area contributed by atoms with Gasteiger partial charge in [-0.2, -0.15) is 0 Å². The quantitative estimate of drug-likeness (QED) is 0.872. The fraction of sp³-hybridized carbons (Fsp3) is 0.294. The van der Waals surface area contributed by atoms with Crippen molar-refractivity contribution in [3.63, 3.8) is 0 Å². The Hall–Kier alpha value is -2.08. The summed E-state index contributed by atoms with van der Waals surface area (Å²) in [6, 6.07) is 11.4. The molecule has 1 aromatic heterocycles. The number of amides is 2. The van der Waals surface area contributed by atoms with Crippen LogP contribution >= 0.6 is 15.9 Å². The average Bonchev–Trinajstić information content (AvgIpc) is 3.15. The lowest BCUT2D eigenvalue weighted by Crippen LogP contribution is -2.32. The number of halogens is 1. The van der Waals surface area contributed by atoms with Gasteiger partial charge in [-0.3, -0.25) is 9.59 Å². The van der Waals surface area contributed by atoms with Crippen LogP contribution in [0.1, 0.15) is 17.7 Å². The topological polar surface area (TPSA) is 62.6 Å². The summed E-state index contributed by atoms with van der Waals surface area (Å²) in [6.45, 7) is 1.33. The minimum absolute atomic E-state index is 0.0168. The molecule has 1 atom stereocenters. The Bertz CT molecular complexity index is 700. The van der Waals surface area contributed by atoms with Gasteiger partial charge in [0.25, 0.3) is 0 Å². The van der Waals surface area contributed by atoms with E-state index in [1.165, 1.54) is 0 Å². The van der Waals surface area contributed by atoms with Gasteiger partial charge in [0.2, 0.25) is 11.8 Å². The summed E-state index contributed by atoms with van der Waals surface area (Å²) in [4.78, 5) is 26.1. The maximum absolute atomic E-state index is 12.2. The number of hydrogen-bond acceptors (Lipinski definition) is 3. The zero-order chi connectivity index (χ0) is 16.2. The summed E-state index contributed by atoms with van der Waals surface area (Å²) in [5, 5.41) is 2.82. The van der Waals surface area contributed by atoms with E-state index < -0.39 is 0 Å². The van der Waals surface area contributed by atoms with Gasteiger partial charge in [0.05, 0.1) is 18.7 Å². The molecule has 2 heterocycles. The summed E-state index contributed by atoms with van der Waals surface area (Å²) < 4.78 is 6.16. The largest absolute Gasteiger partial charge is 0.467 e. The summed E-state index contributed by atoms with van der Waals surface area (Å²) in [7, 11) is 0. The predicted octanol–water partition coefficient (Wildman–Crippen LogP) is 2.71. The molecule has 0 unspecified atom stereocenters. The van der Waals surface area contributed by atoms with Crippen molar-refractivity contribution in [2.75, 3.05) is 6.54 Å². The highest BCUT2D eigenvalue weighted by Crippen LogP contribution is 2.21. The lowest BCUT2D eigenvalue weighted by molar-refractivity contribution is -0.129. The van der Waals surface area contributed by atoms with Gasteiger partial charge in [-0.1, -0.05) is 28.1 Å². The van der Waals surface area contributed by atoms with Crippen molar-refractivity contribution in [3.8, 4) is 0 Å². The first-order valence-corrected chi connectivity index (χ1v) is 8.23. The molecule has 0 aliphatic carbocycles. The monoisotopic (exact) mass is 376 g/mol. The second-order valence-corrected chi connectivity index (χ2v) is 6.52. The number of furan rings is 1. The van der Waals surface area contributed by atoms with Gasteiger partial charge < -0.3 is 14.6 Å². The molecule has 1 aromatic carbocycles. The highest BCUT2D eigenvalue weighted by Gasteiger charge is 2.34. The summed E-state index contributed by atoms with van der Waals surface area (Å²) in [5.41, 5.74) is 1.05. The molecule has 120 valence electrons. The first-order chi connectivity index (χ1) is 11.1. The van der Waals surface area contributed by atoms with E-state index in [4.69, 9.17) is 4.42 Å². The van der Waals surface area contributed by atoms with E-state index >= 15 is 0 Å². The number of benzene rings is 1. The van der Waals surface area contributed by atoms with Crippen LogP contribution in [-0.4, -0.2) is 23.3 Å². The van der Waals surface area contributed by atoms with Crippen LogP contribution in [-0.2, 0) is 22.7 Å². The third-order valence-electron chi connectivity index (χ3n) is 3.86.